The molecule has 35 heavy (non-hydrogen) atoms. The zero-order chi connectivity index (χ0) is 24.4. The molecule has 180 valence electrons. The largest absolute Gasteiger partial charge is 0.508 e. The Balaban J connectivity index is 1.39. The summed E-state index contributed by atoms with van der Waals surface area (Å²) in [5.41, 5.74) is 5.09. The van der Waals surface area contributed by atoms with Crippen LogP contribution in [0.5, 0.6) is 11.5 Å². The Morgan fingerprint density at radius 2 is 1.77 bits per heavy atom. The van der Waals surface area contributed by atoms with Gasteiger partial charge in [-0.1, -0.05) is 44.0 Å². The van der Waals surface area contributed by atoms with Crippen molar-refractivity contribution in [3.05, 3.63) is 77.9 Å². The molecule has 4 aromatic rings. The number of benzene rings is 3. The number of aromatic hydroxyl groups is 1. The summed E-state index contributed by atoms with van der Waals surface area (Å²) >= 11 is 0. The number of aromatic nitrogens is 2. The quantitative estimate of drug-likeness (QED) is 0.300. The van der Waals surface area contributed by atoms with Crippen LogP contribution in [0.2, 0.25) is 0 Å². The van der Waals surface area contributed by atoms with Crippen molar-refractivity contribution in [1.29, 1.82) is 0 Å². The standard InChI is InChI=1S/C29H30N2O4/c1-19(16-28(33)34)21-9-13-25(14-10-21)35-18-20-6-15-26-27(17-20)31(23-4-2-3-5-23)30-29(26)22-7-11-24(32)12-8-22/h6-15,17,19,23,32H,2-5,16,18H2,1H3,(H,33,34). The van der Waals surface area contributed by atoms with E-state index in [4.69, 9.17) is 14.9 Å². The zero-order valence-electron chi connectivity index (χ0n) is 19.9. The molecular formula is C29H30N2O4. The summed E-state index contributed by atoms with van der Waals surface area (Å²) in [6.07, 6.45) is 4.84. The second-order valence-electron chi connectivity index (χ2n) is 9.49. The van der Waals surface area contributed by atoms with Crippen molar-refractivity contribution in [2.24, 2.45) is 0 Å². The average Bonchev–Trinajstić information content (AvgIpc) is 3.51. The van der Waals surface area contributed by atoms with Crippen LogP contribution in [0.4, 0.5) is 0 Å². The number of carbonyl (C=O) groups is 1. The molecule has 1 aliphatic carbocycles. The summed E-state index contributed by atoms with van der Waals surface area (Å²) in [7, 11) is 0. The van der Waals surface area contributed by atoms with Crippen LogP contribution in [-0.4, -0.2) is 26.0 Å². The molecule has 6 heteroatoms. The van der Waals surface area contributed by atoms with E-state index in [1.807, 2.05) is 43.3 Å². The van der Waals surface area contributed by atoms with E-state index in [-0.39, 0.29) is 18.1 Å². The van der Waals surface area contributed by atoms with Gasteiger partial charge in [0.1, 0.15) is 23.8 Å². The predicted octanol–water partition coefficient (Wildman–Crippen LogP) is 6.68. The van der Waals surface area contributed by atoms with Crippen LogP contribution >= 0.6 is 0 Å². The summed E-state index contributed by atoms with van der Waals surface area (Å²) in [6.45, 7) is 2.35. The van der Waals surface area contributed by atoms with E-state index < -0.39 is 5.97 Å². The highest BCUT2D eigenvalue weighted by atomic mass is 16.5. The summed E-state index contributed by atoms with van der Waals surface area (Å²) in [4.78, 5) is 11.0. The highest BCUT2D eigenvalue weighted by molar-refractivity contribution is 5.93. The van der Waals surface area contributed by atoms with Crippen LogP contribution in [-0.2, 0) is 11.4 Å². The molecule has 0 radical (unpaired) electrons. The monoisotopic (exact) mass is 470 g/mol. The second-order valence-corrected chi connectivity index (χ2v) is 9.49. The molecule has 0 amide bonds. The van der Waals surface area contributed by atoms with E-state index in [2.05, 4.69) is 22.9 Å². The molecule has 3 aromatic carbocycles. The number of aliphatic carboxylic acids is 1. The smallest absolute Gasteiger partial charge is 0.303 e. The number of ether oxygens (including phenoxy) is 1. The number of rotatable bonds is 8. The first-order valence-corrected chi connectivity index (χ1v) is 12.2. The summed E-state index contributed by atoms with van der Waals surface area (Å²) < 4.78 is 8.24. The molecule has 0 spiro atoms. The van der Waals surface area contributed by atoms with E-state index in [0.29, 0.717) is 12.6 Å². The molecule has 2 N–H and O–H groups in total. The van der Waals surface area contributed by atoms with Crippen molar-refractivity contribution in [2.45, 2.75) is 57.6 Å². The fraction of sp³-hybridized carbons (Fsp3) is 0.310. The summed E-state index contributed by atoms with van der Waals surface area (Å²) in [5.74, 6) is 0.170. The number of phenolic OH excluding ortho intramolecular Hbond substituents is 1. The first-order valence-electron chi connectivity index (χ1n) is 12.2. The fourth-order valence-electron chi connectivity index (χ4n) is 4.97. The van der Waals surface area contributed by atoms with E-state index in [9.17, 15) is 9.90 Å². The number of carboxylic acid groups (broad SMARTS) is 1. The Kier molecular flexibility index (Phi) is 6.45. The number of hydrogen-bond donors (Lipinski definition) is 2. The van der Waals surface area contributed by atoms with Crippen LogP contribution in [0.1, 0.15) is 62.1 Å². The third kappa shape index (κ3) is 5.02. The van der Waals surface area contributed by atoms with Gasteiger partial charge in [0.2, 0.25) is 0 Å². The van der Waals surface area contributed by atoms with Crippen LogP contribution in [0.3, 0.4) is 0 Å². The molecular weight excluding hydrogens is 440 g/mol. The molecule has 0 aliphatic heterocycles. The maximum absolute atomic E-state index is 11.0. The van der Waals surface area contributed by atoms with Gasteiger partial charge in [-0.15, -0.1) is 0 Å². The molecule has 1 fully saturated rings. The van der Waals surface area contributed by atoms with Crippen LogP contribution in [0, 0.1) is 0 Å². The molecule has 6 nitrogen and oxygen atoms in total. The van der Waals surface area contributed by atoms with Gasteiger partial charge in [-0.2, -0.15) is 5.10 Å². The Morgan fingerprint density at radius 1 is 1.06 bits per heavy atom. The number of phenols is 1. The maximum Gasteiger partial charge on any atom is 0.303 e. The van der Waals surface area contributed by atoms with Gasteiger partial charge in [0, 0.05) is 10.9 Å². The summed E-state index contributed by atoms with van der Waals surface area (Å²) in [5, 5.41) is 24.8. The second kappa shape index (κ2) is 9.82. The number of nitrogens with zero attached hydrogens (tertiary/aromatic N) is 2. The Hall–Kier alpha value is -3.80. The van der Waals surface area contributed by atoms with Gasteiger partial charge >= 0.3 is 5.97 Å². The van der Waals surface area contributed by atoms with Gasteiger partial charge in [-0.05, 0) is 72.4 Å². The van der Waals surface area contributed by atoms with Crippen LogP contribution < -0.4 is 4.74 Å². The molecule has 1 saturated carbocycles. The Labute approximate surface area is 204 Å². The molecule has 1 unspecified atom stereocenters. The lowest BCUT2D eigenvalue weighted by Crippen LogP contribution is -2.06. The fourth-order valence-corrected chi connectivity index (χ4v) is 4.97. The molecule has 0 saturated heterocycles. The van der Waals surface area contributed by atoms with Crippen molar-refractivity contribution in [1.82, 2.24) is 9.78 Å². The number of fused-ring (bicyclic) bond motifs is 1. The van der Waals surface area contributed by atoms with E-state index in [0.717, 1.165) is 51.9 Å². The van der Waals surface area contributed by atoms with Crippen molar-refractivity contribution in [2.75, 3.05) is 0 Å². The SMILES string of the molecule is CC(CC(=O)O)c1ccc(OCc2ccc3c(-c4ccc(O)cc4)nn(C4CCCC4)c3c2)cc1. The van der Waals surface area contributed by atoms with E-state index in [1.165, 1.54) is 12.8 Å². The minimum absolute atomic E-state index is 0.0393. The van der Waals surface area contributed by atoms with Gasteiger partial charge in [-0.25, -0.2) is 0 Å². The van der Waals surface area contributed by atoms with Crippen molar-refractivity contribution < 1.29 is 19.7 Å². The van der Waals surface area contributed by atoms with Gasteiger partial charge in [0.25, 0.3) is 0 Å². The lowest BCUT2D eigenvalue weighted by Gasteiger charge is -2.13. The third-order valence-electron chi connectivity index (χ3n) is 6.92. The van der Waals surface area contributed by atoms with E-state index >= 15 is 0 Å². The minimum Gasteiger partial charge on any atom is -0.508 e. The molecule has 1 heterocycles. The number of hydrogen-bond acceptors (Lipinski definition) is 4. The van der Waals surface area contributed by atoms with Crippen LogP contribution in [0.15, 0.2) is 66.7 Å². The van der Waals surface area contributed by atoms with Crippen LogP contribution in [0.25, 0.3) is 22.2 Å². The topological polar surface area (TPSA) is 84.6 Å². The van der Waals surface area contributed by atoms with Gasteiger partial charge in [-0.3, -0.25) is 9.48 Å². The Bertz CT molecular complexity index is 1320. The highest BCUT2D eigenvalue weighted by Crippen LogP contribution is 2.36. The van der Waals surface area contributed by atoms with Crippen molar-refractivity contribution in [3.63, 3.8) is 0 Å². The Morgan fingerprint density at radius 3 is 2.46 bits per heavy atom. The first-order chi connectivity index (χ1) is 17.0. The molecule has 1 atom stereocenters. The zero-order valence-corrected chi connectivity index (χ0v) is 19.9. The molecule has 1 aliphatic rings. The normalized spacial score (nSPS) is 14.9. The maximum atomic E-state index is 11.0. The van der Waals surface area contributed by atoms with Gasteiger partial charge in [0.05, 0.1) is 18.0 Å². The lowest BCUT2D eigenvalue weighted by atomic mass is 9.98. The lowest BCUT2D eigenvalue weighted by molar-refractivity contribution is -0.137. The first kappa shape index (κ1) is 23.0. The third-order valence-corrected chi connectivity index (χ3v) is 6.92. The van der Waals surface area contributed by atoms with Gasteiger partial charge in [0.15, 0.2) is 0 Å². The minimum atomic E-state index is -0.793. The predicted molar refractivity (Wildman–Crippen MR) is 136 cm³/mol. The molecule has 1 aromatic heterocycles. The van der Waals surface area contributed by atoms with E-state index in [1.54, 1.807) is 12.1 Å². The molecule has 0 bridgehead atoms. The van der Waals surface area contributed by atoms with Crippen molar-refractivity contribution >= 4 is 16.9 Å². The highest BCUT2D eigenvalue weighted by Gasteiger charge is 2.22. The van der Waals surface area contributed by atoms with Crippen molar-refractivity contribution in [3.8, 4) is 22.8 Å². The average molecular weight is 471 g/mol. The molecule has 5 rings (SSSR count). The summed E-state index contributed by atoms with van der Waals surface area (Å²) in [6, 6.07) is 21.7. The van der Waals surface area contributed by atoms with Gasteiger partial charge < -0.3 is 14.9 Å². The number of carboxylic acids is 1.